The second kappa shape index (κ2) is 5.85. The number of aliphatic carboxylic acids is 1. The van der Waals surface area contributed by atoms with Crippen molar-refractivity contribution in [3.8, 4) is 0 Å². The Morgan fingerprint density at radius 2 is 1.61 bits per heavy atom. The van der Waals surface area contributed by atoms with E-state index in [2.05, 4.69) is 5.32 Å². The highest BCUT2D eigenvalue weighted by molar-refractivity contribution is 6.30. The molecule has 0 spiro atoms. The maximum Gasteiger partial charge on any atom is 0.308 e. The summed E-state index contributed by atoms with van der Waals surface area (Å²) >= 11 is 5.84. The third kappa shape index (κ3) is 2.68. The molecular formula is C18H18ClNO3. The first-order chi connectivity index (χ1) is 10.9. The summed E-state index contributed by atoms with van der Waals surface area (Å²) < 4.78 is 0. The van der Waals surface area contributed by atoms with Gasteiger partial charge in [0.2, 0.25) is 5.91 Å². The zero-order valence-electron chi connectivity index (χ0n) is 12.9. The minimum absolute atomic E-state index is 0.126. The summed E-state index contributed by atoms with van der Waals surface area (Å²) in [5.74, 6) is -2.76. The smallest absolute Gasteiger partial charge is 0.308 e. The number of allylic oxidation sites excluding steroid dienone is 4. The molecule has 0 saturated heterocycles. The molecule has 1 saturated carbocycles. The lowest BCUT2D eigenvalue weighted by molar-refractivity contribution is -0.146. The van der Waals surface area contributed by atoms with Crippen LogP contribution in [0.4, 0.5) is 5.69 Å². The number of carbonyl (C=O) groups excluding carboxylic acids is 1. The fourth-order valence-corrected chi connectivity index (χ4v) is 3.93. The number of benzene rings is 1. The molecule has 1 fully saturated rings. The average Bonchev–Trinajstić information content (AvgIpc) is 3.05. The van der Waals surface area contributed by atoms with Gasteiger partial charge in [-0.1, -0.05) is 34.9 Å². The van der Waals surface area contributed by atoms with E-state index in [1.54, 1.807) is 24.3 Å². The first-order valence-electron chi connectivity index (χ1n) is 7.55. The van der Waals surface area contributed by atoms with Crippen LogP contribution in [0.25, 0.3) is 0 Å². The fraction of sp³-hybridized carbons (Fsp3) is 0.333. The third-order valence-electron chi connectivity index (χ3n) is 4.68. The van der Waals surface area contributed by atoms with Crippen LogP contribution in [-0.4, -0.2) is 17.0 Å². The number of carboxylic acid groups (broad SMARTS) is 1. The molecule has 2 aliphatic carbocycles. The van der Waals surface area contributed by atoms with E-state index in [-0.39, 0.29) is 17.7 Å². The zero-order chi connectivity index (χ0) is 16.7. The Kier molecular flexibility index (Phi) is 4.02. The molecule has 5 heteroatoms. The van der Waals surface area contributed by atoms with Gasteiger partial charge in [0.15, 0.2) is 0 Å². The van der Waals surface area contributed by atoms with Crippen LogP contribution in [0.1, 0.15) is 13.8 Å². The molecule has 0 radical (unpaired) electrons. The average molecular weight is 332 g/mol. The van der Waals surface area contributed by atoms with Crippen LogP contribution in [0, 0.1) is 23.7 Å². The Bertz CT molecular complexity index is 716. The van der Waals surface area contributed by atoms with E-state index in [4.69, 9.17) is 11.6 Å². The summed E-state index contributed by atoms with van der Waals surface area (Å²) in [6.45, 7) is 3.95. The number of carbonyl (C=O) groups is 2. The molecule has 1 aromatic rings. The topological polar surface area (TPSA) is 66.4 Å². The van der Waals surface area contributed by atoms with Crippen LogP contribution in [-0.2, 0) is 9.59 Å². The van der Waals surface area contributed by atoms with Gasteiger partial charge >= 0.3 is 5.97 Å². The van der Waals surface area contributed by atoms with Crippen molar-refractivity contribution in [2.75, 3.05) is 5.32 Å². The Balaban J connectivity index is 1.89. The van der Waals surface area contributed by atoms with Crippen molar-refractivity contribution in [3.63, 3.8) is 0 Å². The van der Waals surface area contributed by atoms with Crippen molar-refractivity contribution in [3.05, 3.63) is 52.6 Å². The van der Waals surface area contributed by atoms with Gasteiger partial charge in [0.05, 0.1) is 11.8 Å². The van der Waals surface area contributed by atoms with Gasteiger partial charge in [-0.15, -0.1) is 0 Å². The van der Waals surface area contributed by atoms with Crippen molar-refractivity contribution in [2.45, 2.75) is 13.8 Å². The summed E-state index contributed by atoms with van der Waals surface area (Å²) in [6.07, 6.45) is 3.90. The molecule has 2 bridgehead atoms. The Labute approximate surface area is 139 Å². The van der Waals surface area contributed by atoms with Gasteiger partial charge in [0.25, 0.3) is 0 Å². The normalized spacial score (nSPS) is 28.0. The van der Waals surface area contributed by atoms with Crippen LogP contribution in [0.5, 0.6) is 0 Å². The van der Waals surface area contributed by atoms with E-state index in [1.807, 2.05) is 26.0 Å². The molecule has 1 aromatic carbocycles. The van der Waals surface area contributed by atoms with Gasteiger partial charge in [-0.05, 0) is 38.1 Å². The van der Waals surface area contributed by atoms with E-state index >= 15 is 0 Å². The second-order valence-electron chi connectivity index (χ2n) is 6.28. The van der Waals surface area contributed by atoms with Crippen LogP contribution in [0.2, 0.25) is 5.02 Å². The Morgan fingerprint density at radius 1 is 1.04 bits per heavy atom. The molecule has 4 nitrogen and oxygen atoms in total. The van der Waals surface area contributed by atoms with Crippen molar-refractivity contribution in [1.29, 1.82) is 0 Å². The molecular weight excluding hydrogens is 314 g/mol. The Hall–Kier alpha value is -2.07. The number of anilines is 1. The van der Waals surface area contributed by atoms with Gasteiger partial charge in [-0.3, -0.25) is 9.59 Å². The van der Waals surface area contributed by atoms with Gasteiger partial charge < -0.3 is 10.4 Å². The lowest BCUT2D eigenvalue weighted by Crippen LogP contribution is -2.36. The SMILES string of the molecule is CC(C)=C1[C@H]2C=C[C@@H]1[C@H](C(=O)Nc1ccc(Cl)cc1)[C@@H]2C(=O)O. The number of amides is 1. The first kappa shape index (κ1) is 15.8. The number of hydrogen-bond donors (Lipinski definition) is 2. The summed E-state index contributed by atoms with van der Waals surface area (Å²) in [7, 11) is 0. The molecule has 2 aliphatic rings. The monoisotopic (exact) mass is 331 g/mol. The number of fused-ring (bicyclic) bond motifs is 2. The maximum absolute atomic E-state index is 12.7. The van der Waals surface area contributed by atoms with E-state index in [0.717, 1.165) is 11.1 Å². The van der Waals surface area contributed by atoms with Crippen LogP contribution < -0.4 is 5.32 Å². The zero-order valence-corrected chi connectivity index (χ0v) is 13.7. The first-order valence-corrected chi connectivity index (χ1v) is 7.92. The van der Waals surface area contributed by atoms with Gasteiger partial charge in [-0.25, -0.2) is 0 Å². The number of rotatable bonds is 3. The number of hydrogen-bond acceptors (Lipinski definition) is 2. The summed E-state index contributed by atoms with van der Waals surface area (Å²) in [6, 6.07) is 6.80. The van der Waals surface area contributed by atoms with Gasteiger partial charge in [0, 0.05) is 22.5 Å². The maximum atomic E-state index is 12.7. The molecule has 3 rings (SSSR count). The Morgan fingerprint density at radius 3 is 2.13 bits per heavy atom. The minimum Gasteiger partial charge on any atom is -0.481 e. The number of halogens is 1. The highest BCUT2D eigenvalue weighted by atomic mass is 35.5. The van der Waals surface area contributed by atoms with Crippen LogP contribution in [0.3, 0.4) is 0 Å². The molecule has 0 unspecified atom stereocenters. The van der Waals surface area contributed by atoms with Gasteiger partial charge in [0.1, 0.15) is 0 Å². The molecule has 1 amide bonds. The molecule has 2 N–H and O–H groups in total. The van der Waals surface area contributed by atoms with Crippen molar-refractivity contribution >= 4 is 29.2 Å². The van der Waals surface area contributed by atoms with E-state index in [0.29, 0.717) is 10.7 Å². The highest BCUT2D eigenvalue weighted by Gasteiger charge is 2.54. The lowest BCUT2D eigenvalue weighted by Gasteiger charge is -2.23. The van der Waals surface area contributed by atoms with Crippen LogP contribution >= 0.6 is 11.6 Å². The second-order valence-corrected chi connectivity index (χ2v) is 6.71. The molecule has 4 atom stereocenters. The standard InChI is InChI=1S/C18H18ClNO3/c1-9(2)14-12-7-8-13(14)16(18(22)23)15(12)17(21)20-11-5-3-10(19)4-6-11/h3-8,12-13,15-16H,1-2H3,(H,20,21)(H,22,23)/t12-,13+,15-,16+/m0/s1. The van der Waals surface area contributed by atoms with E-state index in [1.165, 1.54) is 0 Å². The van der Waals surface area contributed by atoms with Gasteiger partial charge in [-0.2, -0.15) is 0 Å². The van der Waals surface area contributed by atoms with Crippen molar-refractivity contribution in [2.24, 2.45) is 23.7 Å². The van der Waals surface area contributed by atoms with E-state index in [9.17, 15) is 14.7 Å². The van der Waals surface area contributed by atoms with Crippen LogP contribution in [0.15, 0.2) is 47.6 Å². The summed E-state index contributed by atoms with van der Waals surface area (Å²) in [5, 5.41) is 13.0. The molecule has 0 aliphatic heterocycles. The number of carboxylic acids is 1. The molecule has 23 heavy (non-hydrogen) atoms. The largest absolute Gasteiger partial charge is 0.481 e. The molecule has 0 heterocycles. The van der Waals surface area contributed by atoms with Crippen molar-refractivity contribution < 1.29 is 14.7 Å². The quantitative estimate of drug-likeness (QED) is 0.829. The van der Waals surface area contributed by atoms with E-state index < -0.39 is 17.8 Å². The summed E-state index contributed by atoms with van der Waals surface area (Å²) in [4.78, 5) is 24.4. The highest BCUT2D eigenvalue weighted by Crippen LogP contribution is 2.53. The molecule has 120 valence electrons. The summed E-state index contributed by atoms with van der Waals surface area (Å²) in [5.41, 5.74) is 2.79. The molecule has 0 aromatic heterocycles. The predicted octanol–water partition coefficient (Wildman–Crippen LogP) is 3.75. The fourth-order valence-electron chi connectivity index (χ4n) is 3.80. The van der Waals surface area contributed by atoms with Crippen molar-refractivity contribution in [1.82, 2.24) is 0 Å². The lowest BCUT2D eigenvalue weighted by atomic mass is 9.82. The number of nitrogens with one attached hydrogen (secondary N) is 1. The predicted molar refractivity (Wildman–Crippen MR) is 89.2 cm³/mol. The minimum atomic E-state index is -0.920. The third-order valence-corrected chi connectivity index (χ3v) is 4.93.